The first-order valence-corrected chi connectivity index (χ1v) is 6.27. The minimum atomic E-state index is -1.04. The minimum absolute atomic E-state index is 0.170. The molecule has 0 aliphatic heterocycles. The van der Waals surface area contributed by atoms with Crippen LogP contribution in [0.4, 0.5) is 0 Å². The lowest BCUT2D eigenvalue weighted by Gasteiger charge is -2.19. The Labute approximate surface area is 122 Å². The maximum absolute atomic E-state index is 11.7. The van der Waals surface area contributed by atoms with Gasteiger partial charge in [-0.05, 0) is 30.7 Å². The molecule has 0 fully saturated rings. The van der Waals surface area contributed by atoms with Crippen molar-refractivity contribution in [3.8, 4) is 5.75 Å². The summed E-state index contributed by atoms with van der Waals surface area (Å²) >= 11 is 6.04. The molecule has 0 bridgehead atoms. The van der Waals surface area contributed by atoms with E-state index in [4.69, 9.17) is 21.4 Å². The van der Waals surface area contributed by atoms with Gasteiger partial charge in [0.2, 0.25) is 0 Å². The van der Waals surface area contributed by atoms with Gasteiger partial charge in [0.1, 0.15) is 5.75 Å². The number of likely N-dealkylation sites (N-methyl/N-ethyl adjacent to an activating group) is 1. The van der Waals surface area contributed by atoms with E-state index in [0.717, 1.165) is 6.08 Å². The van der Waals surface area contributed by atoms with E-state index in [1.165, 1.54) is 11.0 Å². The van der Waals surface area contributed by atoms with E-state index in [0.29, 0.717) is 16.3 Å². The summed E-state index contributed by atoms with van der Waals surface area (Å²) in [5.41, 5.74) is 0.635. The molecule has 0 heterocycles. The van der Waals surface area contributed by atoms with Crippen LogP contribution >= 0.6 is 11.6 Å². The van der Waals surface area contributed by atoms with Crippen LogP contribution in [0.5, 0.6) is 5.75 Å². The molecule has 0 radical (unpaired) electrons. The van der Waals surface area contributed by atoms with Crippen LogP contribution in [0.1, 0.15) is 12.5 Å². The molecule has 0 saturated carbocycles. The van der Waals surface area contributed by atoms with E-state index >= 15 is 0 Å². The number of aliphatic carboxylic acids is 1. The lowest BCUT2D eigenvalue weighted by atomic mass is 10.2. The van der Waals surface area contributed by atoms with E-state index < -0.39 is 12.1 Å². The molecule has 1 aromatic rings. The van der Waals surface area contributed by atoms with Crippen LogP contribution in [0.3, 0.4) is 0 Å². The molecule has 1 unspecified atom stereocenters. The molecule has 1 aromatic carbocycles. The van der Waals surface area contributed by atoms with Gasteiger partial charge in [0.05, 0.1) is 5.02 Å². The number of hydrogen-bond donors (Lipinski definition) is 1. The van der Waals surface area contributed by atoms with Crippen LogP contribution in [0, 0.1) is 0 Å². The van der Waals surface area contributed by atoms with Crippen LogP contribution in [0.15, 0.2) is 24.3 Å². The Morgan fingerprint density at radius 2 is 2.05 bits per heavy atom. The van der Waals surface area contributed by atoms with Gasteiger partial charge in [-0.3, -0.25) is 4.79 Å². The van der Waals surface area contributed by atoms with Gasteiger partial charge in [-0.15, -0.1) is 0 Å². The van der Waals surface area contributed by atoms with Gasteiger partial charge in [0.25, 0.3) is 5.91 Å². The Balaban J connectivity index is 2.83. The Morgan fingerprint density at radius 1 is 1.40 bits per heavy atom. The first kappa shape index (κ1) is 16.0. The highest BCUT2D eigenvalue weighted by Crippen LogP contribution is 2.27. The second-order valence-electron chi connectivity index (χ2n) is 4.35. The quantitative estimate of drug-likeness (QED) is 0.847. The molecule has 0 spiro atoms. The lowest BCUT2D eigenvalue weighted by molar-refractivity contribution is -0.135. The van der Waals surface area contributed by atoms with Crippen molar-refractivity contribution in [2.75, 3.05) is 14.1 Å². The second kappa shape index (κ2) is 6.96. The molecule has 0 aromatic heterocycles. The first-order chi connectivity index (χ1) is 9.31. The number of ether oxygens (including phenoxy) is 1. The Hall–Kier alpha value is -2.01. The summed E-state index contributed by atoms with van der Waals surface area (Å²) in [6.45, 7) is 1.64. The van der Waals surface area contributed by atoms with Crippen LogP contribution < -0.4 is 4.74 Å². The van der Waals surface area contributed by atoms with Gasteiger partial charge in [-0.2, -0.15) is 0 Å². The third kappa shape index (κ3) is 4.59. The summed E-state index contributed by atoms with van der Waals surface area (Å²) in [6, 6.07) is 4.83. The van der Waals surface area contributed by atoms with E-state index in [9.17, 15) is 9.59 Å². The number of carboxylic acids is 1. The lowest BCUT2D eigenvalue weighted by Crippen LogP contribution is -2.35. The number of halogens is 1. The van der Waals surface area contributed by atoms with Gasteiger partial charge in [0.15, 0.2) is 6.10 Å². The van der Waals surface area contributed by atoms with Gasteiger partial charge >= 0.3 is 5.97 Å². The van der Waals surface area contributed by atoms with Crippen molar-refractivity contribution in [2.24, 2.45) is 0 Å². The first-order valence-electron chi connectivity index (χ1n) is 5.89. The predicted octanol–water partition coefficient (Wildman–Crippen LogP) is 2.29. The standard InChI is InChI=1S/C14H16ClNO4/c1-9(14(19)16(2)3)20-12-6-4-10(8-11(12)15)5-7-13(17)18/h4-9H,1-3H3,(H,17,18). The maximum Gasteiger partial charge on any atom is 0.328 e. The smallest absolute Gasteiger partial charge is 0.328 e. The molecular formula is C14H16ClNO4. The van der Waals surface area contributed by atoms with Crippen molar-refractivity contribution >= 4 is 29.6 Å². The molecule has 1 rings (SSSR count). The van der Waals surface area contributed by atoms with Crippen molar-refractivity contribution in [3.63, 3.8) is 0 Å². The van der Waals surface area contributed by atoms with Crippen molar-refractivity contribution in [1.29, 1.82) is 0 Å². The molecule has 0 aliphatic carbocycles. The molecular weight excluding hydrogens is 282 g/mol. The van der Waals surface area contributed by atoms with Crippen LogP contribution in [-0.4, -0.2) is 42.1 Å². The zero-order valence-electron chi connectivity index (χ0n) is 11.5. The normalized spacial score (nSPS) is 12.2. The fourth-order valence-corrected chi connectivity index (χ4v) is 1.72. The summed E-state index contributed by atoms with van der Waals surface area (Å²) in [7, 11) is 3.28. The summed E-state index contributed by atoms with van der Waals surface area (Å²) in [6.07, 6.45) is 1.79. The van der Waals surface area contributed by atoms with Crippen molar-refractivity contribution in [1.82, 2.24) is 4.90 Å². The third-order valence-electron chi connectivity index (χ3n) is 2.47. The fraction of sp³-hybridized carbons (Fsp3) is 0.286. The number of nitrogens with zero attached hydrogens (tertiary/aromatic N) is 1. The summed E-state index contributed by atoms with van der Waals surface area (Å²) in [4.78, 5) is 23.5. The number of hydrogen-bond acceptors (Lipinski definition) is 3. The number of benzene rings is 1. The van der Waals surface area contributed by atoms with Crippen molar-refractivity contribution in [2.45, 2.75) is 13.0 Å². The zero-order chi connectivity index (χ0) is 15.3. The number of carboxylic acid groups (broad SMARTS) is 1. The largest absolute Gasteiger partial charge is 0.479 e. The summed E-state index contributed by atoms with van der Waals surface area (Å²) in [5.74, 6) is -0.829. The Bertz CT molecular complexity index is 540. The van der Waals surface area contributed by atoms with Crippen molar-refractivity contribution < 1.29 is 19.4 Å². The topological polar surface area (TPSA) is 66.8 Å². The number of amides is 1. The maximum atomic E-state index is 11.7. The molecule has 108 valence electrons. The molecule has 1 N–H and O–H groups in total. The summed E-state index contributed by atoms with van der Waals surface area (Å²) < 4.78 is 5.49. The van der Waals surface area contributed by atoms with Crippen LogP contribution in [0.2, 0.25) is 5.02 Å². The van der Waals surface area contributed by atoms with Gasteiger partial charge in [-0.1, -0.05) is 17.7 Å². The molecule has 6 heteroatoms. The second-order valence-corrected chi connectivity index (χ2v) is 4.76. The van der Waals surface area contributed by atoms with E-state index in [-0.39, 0.29) is 5.91 Å². The molecule has 1 amide bonds. The van der Waals surface area contributed by atoms with E-state index in [2.05, 4.69) is 0 Å². The monoisotopic (exact) mass is 297 g/mol. The zero-order valence-corrected chi connectivity index (χ0v) is 12.2. The Morgan fingerprint density at radius 3 is 2.55 bits per heavy atom. The highest BCUT2D eigenvalue weighted by atomic mass is 35.5. The fourth-order valence-electron chi connectivity index (χ4n) is 1.49. The van der Waals surface area contributed by atoms with Crippen LogP contribution in [-0.2, 0) is 9.59 Å². The number of carbonyl (C=O) groups is 2. The number of rotatable bonds is 5. The minimum Gasteiger partial charge on any atom is -0.479 e. The van der Waals surface area contributed by atoms with Gasteiger partial charge in [0, 0.05) is 20.2 Å². The summed E-state index contributed by atoms with van der Waals surface area (Å²) in [5, 5.41) is 8.86. The molecule has 1 atom stereocenters. The average molecular weight is 298 g/mol. The molecule has 5 nitrogen and oxygen atoms in total. The predicted molar refractivity (Wildman–Crippen MR) is 76.9 cm³/mol. The van der Waals surface area contributed by atoms with Crippen molar-refractivity contribution in [3.05, 3.63) is 34.9 Å². The SMILES string of the molecule is CC(Oc1ccc(C=CC(=O)O)cc1Cl)C(=O)N(C)C. The highest BCUT2D eigenvalue weighted by molar-refractivity contribution is 6.32. The molecule has 0 aliphatic rings. The third-order valence-corrected chi connectivity index (χ3v) is 2.76. The van der Waals surface area contributed by atoms with Crippen LogP contribution in [0.25, 0.3) is 6.08 Å². The van der Waals surface area contributed by atoms with Gasteiger partial charge < -0.3 is 14.7 Å². The van der Waals surface area contributed by atoms with E-state index in [1.54, 1.807) is 39.2 Å². The molecule has 20 heavy (non-hydrogen) atoms. The van der Waals surface area contributed by atoms with E-state index in [1.807, 2.05) is 0 Å². The highest BCUT2D eigenvalue weighted by Gasteiger charge is 2.17. The average Bonchev–Trinajstić information content (AvgIpc) is 2.37. The van der Waals surface area contributed by atoms with Gasteiger partial charge in [-0.25, -0.2) is 4.79 Å². The Kier molecular flexibility index (Phi) is 5.58. The molecule has 0 saturated heterocycles. The number of carbonyl (C=O) groups excluding carboxylic acids is 1.